The summed E-state index contributed by atoms with van der Waals surface area (Å²) in [6.45, 7) is 2.63. The molecule has 2 aliphatic carbocycles. The summed E-state index contributed by atoms with van der Waals surface area (Å²) in [5.41, 5.74) is 3.23. The normalized spacial score (nSPS) is 32.2. The number of rotatable bonds is 4. The lowest BCUT2D eigenvalue weighted by atomic mass is 9.69. The van der Waals surface area contributed by atoms with Crippen LogP contribution in [-0.2, 0) is 31.3 Å². The van der Waals surface area contributed by atoms with E-state index in [2.05, 4.69) is 27.8 Å². The third-order valence-corrected chi connectivity index (χ3v) is 13.5. The Hall–Kier alpha value is -2.79. The first-order chi connectivity index (χ1) is 23.2. The molecule has 260 valence electrons. The minimum atomic E-state index is -4.12. The molecule has 3 heterocycles. The first-order valence-electron chi connectivity index (χ1n) is 17.4. The maximum atomic E-state index is 14.0. The van der Waals surface area contributed by atoms with Crippen LogP contribution in [0.1, 0.15) is 79.3 Å². The second-order valence-corrected chi connectivity index (χ2v) is 16.6. The number of hydrogen-bond acceptors (Lipinski definition) is 8. The van der Waals surface area contributed by atoms with Gasteiger partial charge in [0, 0.05) is 37.8 Å². The zero-order valence-corrected chi connectivity index (χ0v) is 29.5. The first-order valence-corrected chi connectivity index (χ1v) is 19.4. The van der Waals surface area contributed by atoms with Gasteiger partial charge in [0.15, 0.2) is 0 Å². The number of aryl methyl sites for hydroxylation is 1. The Kier molecular flexibility index (Phi) is 9.72. The van der Waals surface area contributed by atoms with Gasteiger partial charge < -0.3 is 23.8 Å². The number of carbonyl (C=O) groups excluding carboxylic acids is 1. The largest absolute Gasteiger partial charge is 0.495 e. The molecule has 1 saturated carbocycles. The average molecular weight is 699 g/mol. The van der Waals surface area contributed by atoms with Gasteiger partial charge in [0.25, 0.3) is 5.91 Å². The molecule has 2 bridgehead atoms. The van der Waals surface area contributed by atoms with Gasteiger partial charge >= 0.3 is 0 Å². The van der Waals surface area contributed by atoms with Crippen molar-refractivity contribution in [3.63, 3.8) is 0 Å². The zero-order chi connectivity index (χ0) is 33.5. The van der Waals surface area contributed by atoms with Gasteiger partial charge in [-0.3, -0.25) is 4.79 Å². The third kappa shape index (κ3) is 6.57. The summed E-state index contributed by atoms with van der Waals surface area (Å²) in [4.78, 5) is 16.2. The second kappa shape index (κ2) is 13.8. The number of benzene rings is 2. The number of allylic oxidation sites excluding steroid dienone is 1. The van der Waals surface area contributed by atoms with Gasteiger partial charge in [-0.2, -0.15) is 0 Å². The Morgan fingerprint density at radius 1 is 1.06 bits per heavy atom. The Bertz CT molecular complexity index is 1660. The number of halogens is 1. The Balaban J connectivity index is 1.26. The van der Waals surface area contributed by atoms with Gasteiger partial charge in [0.1, 0.15) is 16.7 Å². The zero-order valence-electron chi connectivity index (χ0n) is 27.9. The smallest absolute Gasteiger partial charge is 0.264 e. The monoisotopic (exact) mass is 698 g/mol. The number of nitrogens with one attached hydrogen (secondary N) is 1. The summed E-state index contributed by atoms with van der Waals surface area (Å²) in [7, 11) is -0.931. The van der Waals surface area contributed by atoms with Crippen molar-refractivity contribution >= 4 is 33.2 Å². The minimum Gasteiger partial charge on any atom is -0.495 e. The molecule has 5 aliphatic rings. The van der Waals surface area contributed by atoms with Gasteiger partial charge in [-0.05, 0) is 118 Å². The summed E-state index contributed by atoms with van der Waals surface area (Å²) in [5, 5.41) is -0.331. The van der Waals surface area contributed by atoms with Crippen LogP contribution in [0.5, 0.6) is 11.5 Å². The van der Waals surface area contributed by atoms with Gasteiger partial charge in [0.2, 0.25) is 10.0 Å². The highest BCUT2D eigenvalue weighted by Crippen LogP contribution is 2.48. The Labute approximate surface area is 289 Å². The number of sulfonamides is 1. The molecule has 1 spiro atoms. The molecule has 6 atom stereocenters. The van der Waals surface area contributed by atoms with Crippen molar-refractivity contribution in [2.45, 2.75) is 87.1 Å². The predicted octanol–water partition coefficient (Wildman–Crippen LogP) is 6.21. The summed E-state index contributed by atoms with van der Waals surface area (Å²) >= 11 is 6.58. The number of nitrogens with zero attached hydrogens (tertiary/aromatic N) is 1. The van der Waals surface area contributed by atoms with Crippen LogP contribution in [0, 0.1) is 11.8 Å². The molecule has 2 fully saturated rings. The molecular weight excluding hydrogens is 652 g/mol. The van der Waals surface area contributed by atoms with Crippen LogP contribution in [-0.4, -0.2) is 72.3 Å². The maximum Gasteiger partial charge on any atom is 0.264 e. The molecule has 0 unspecified atom stereocenters. The fourth-order valence-corrected chi connectivity index (χ4v) is 10.5. The number of fused-ring (bicyclic) bond motifs is 4. The molecule has 1 amide bonds. The van der Waals surface area contributed by atoms with Crippen molar-refractivity contribution in [2.24, 2.45) is 11.8 Å². The highest BCUT2D eigenvalue weighted by molar-refractivity contribution is 7.90. The third-order valence-electron chi connectivity index (χ3n) is 11.5. The van der Waals surface area contributed by atoms with Crippen molar-refractivity contribution in [1.29, 1.82) is 0 Å². The van der Waals surface area contributed by atoms with E-state index in [1.165, 1.54) is 11.1 Å². The molecule has 0 aromatic heterocycles. The van der Waals surface area contributed by atoms with Crippen molar-refractivity contribution in [3.05, 3.63) is 64.2 Å². The highest BCUT2D eigenvalue weighted by Gasteiger charge is 2.44. The summed E-state index contributed by atoms with van der Waals surface area (Å²) < 4.78 is 54.3. The first kappa shape index (κ1) is 33.7. The minimum absolute atomic E-state index is 0.184. The van der Waals surface area contributed by atoms with E-state index in [0.717, 1.165) is 63.6 Å². The van der Waals surface area contributed by atoms with Crippen molar-refractivity contribution in [2.75, 3.05) is 45.4 Å². The van der Waals surface area contributed by atoms with Crippen LogP contribution in [0.2, 0.25) is 5.02 Å². The molecule has 0 radical (unpaired) electrons. The maximum absolute atomic E-state index is 14.0. The number of methoxy groups -OCH3 is 2. The van der Waals surface area contributed by atoms with Crippen molar-refractivity contribution < 1.29 is 32.2 Å². The van der Waals surface area contributed by atoms with Crippen LogP contribution in [0.3, 0.4) is 0 Å². The SMILES string of the molecule is COc1cc2c(cc1Cl)CCC[C@]21COc2ccc3cc2N(C[C@@H]2CC[C@@H]2C/C=C/C[C@H](OC)[C@H](C[C@@H]2CCCO2)S(=O)(=O)NC3=O)C1. The van der Waals surface area contributed by atoms with E-state index < -0.39 is 27.3 Å². The van der Waals surface area contributed by atoms with E-state index in [1.54, 1.807) is 20.3 Å². The molecule has 7 rings (SSSR count). The van der Waals surface area contributed by atoms with Gasteiger partial charge in [-0.25, -0.2) is 13.1 Å². The molecular formula is C37H47ClN2O7S. The lowest BCUT2D eigenvalue weighted by molar-refractivity contribution is 0.0627. The van der Waals surface area contributed by atoms with E-state index in [0.29, 0.717) is 54.5 Å². The molecule has 1 N–H and O–H groups in total. The van der Waals surface area contributed by atoms with Crippen molar-refractivity contribution in [1.82, 2.24) is 4.72 Å². The van der Waals surface area contributed by atoms with E-state index in [1.807, 2.05) is 18.2 Å². The highest BCUT2D eigenvalue weighted by atomic mass is 35.5. The van der Waals surface area contributed by atoms with Gasteiger partial charge in [-0.1, -0.05) is 23.8 Å². The fraction of sp³-hybridized carbons (Fsp3) is 0.595. The number of amides is 1. The molecule has 2 aromatic rings. The average Bonchev–Trinajstić information content (AvgIpc) is 3.53. The number of carbonyl (C=O) groups is 1. The standard InChI is InChI=1S/C37H47ClN2O7S/c1-44-33-10-4-3-7-24-11-12-27(24)21-40-22-37(15-5-8-25-17-30(38)34(45-2)20-29(25)37)23-47-32-14-13-26(18-31(32)40)36(41)39-48(42,43)35(33)19-28-9-6-16-46-28/h3-4,13-14,17-18,20,24,27-28,33,35H,5-12,15-16,19,21-23H2,1-2H3,(H,39,41)/b4-3+/t24-,27-,28-,33-,35-,37-/m0/s1. The number of hydrogen-bond donors (Lipinski definition) is 1. The quantitative estimate of drug-likeness (QED) is 0.376. The van der Waals surface area contributed by atoms with Gasteiger partial charge in [0.05, 0.1) is 36.6 Å². The predicted molar refractivity (Wildman–Crippen MR) is 186 cm³/mol. The molecule has 2 aromatic carbocycles. The van der Waals surface area contributed by atoms with Crippen LogP contribution in [0.25, 0.3) is 0 Å². The fourth-order valence-electron chi connectivity index (χ4n) is 8.62. The Morgan fingerprint density at radius 2 is 1.90 bits per heavy atom. The van der Waals surface area contributed by atoms with E-state index in [9.17, 15) is 13.2 Å². The second-order valence-electron chi connectivity index (χ2n) is 14.3. The Morgan fingerprint density at radius 3 is 2.65 bits per heavy atom. The number of ether oxygens (including phenoxy) is 4. The van der Waals surface area contributed by atoms with E-state index in [4.69, 9.17) is 30.5 Å². The van der Waals surface area contributed by atoms with E-state index in [-0.39, 0.29) is 23.5 Å². The molecule has 9 nitrogen and oxygen atoms in total. The van der Waals surface area contributed by atoms with Crippen LogP contribution in [0.4, 0.5) is 5.69 Å². The lowest BCUT2D eigenvalue weighted by Gasteiger charge is -2.44. The lowest BCUT2D eigenvalue weighted by Crippen LogP contribution is -2.48. The topological polar surface area (TPSA) is 103 Å². The summed E-state index contributed by atoms with van der Waals surface area (Å²) in [6, 6.07) is 9.43. The summed E-state index contributed by atoms with van der Waals surface area (Å²) in [5.74, 6) is 1.71. The van der Waals surface area contributed by atoms with Crippen LogP contribution < -0.4 is 19.1 Å². The molecule has 11 heteroatoms. The molecule has 1 saturated heterocycles. The van der Waals surface area contributed by atoms with Crippen LogP contribution in [0.15, 0.2) is 42.5 Å². The molecule has 48 heavy (non-hydrogen) atoms. The molecule has 3 aliphatic heterocycles. The number of anilines is 1. The van der Waals surface area contributed by atoms with E-state index >= 15 is 0 Å². The van der Waals surface area contributed by atoms with Crippen molar-refractivity contribution in [3.8, 4) is 11.5 Å². The van der Waals surface area contributed by atoms with Crippen LogP contribution >= 0.6 is 11.6 Å². The van der Waals surface area contributed by atoms with Gasteiger partial charge in [-0.15, -0.1) is 0 Å². The summed E-state index contributed by atoms with van der Waals surface area (Å²) in [6.07, 6.45) is 12.0.